The highest BCUT2D eigenvalue weighted by molar-refractivity contribution is 5.88. The summed E-state index contributed by atoms with van der Waals surface area (Å²) in [6, 6.07) is 30.2. The fourth-order valence-corrected chi connectivity index (χ4v) is 4.88. The monoisotopic (exact) mass is 518 g/mol. The maximum atomic E-state index is 12.8. The van der Waals surface area contributed by atoms with Gasteiger partial charge in [0.1, 0.15) is 18.2 Å². The van der Waals surface area contributed by atoms with Gasteiger partial charge in [0.2, 0.25) is 5.91 Å². The van der Waals surface area contributed by atoms with E-state index >= 15 is 0 Å². The zero-order valence-corrected chi connectivity index (χ0v) is 21.7. The summed E-state index contributed by atoms with van der Waals surface area (Å²) in [6.07, 6.45) is 2.47. The van der Waals surface area contributed by atoms with Crippen LogP contribution in [0.5, 0.6) is 0 Å². The SMILES string of the molecule is O=C(COCc1ccccc1)N1CCN(c2nc(Cc3ccccc3)nc3c2cnn3-c2ccccc2)CC1. The molecule has 0 aliphatic carbocycles. The summed E-state index contributed by atoms with van der Waals surface area (Å²) in [6.45, 7) is 3.09. The minimum absolute atomic E-state index is 0.0140. The molecule has 0 atom stereocenters. The third-order valence-electron chi connectivity index (χ3n) is 6.93. The van der Waals surface area contributed by atoms with E-state index in [0.29, 0.717) is 39.2 Å². The molecule has 0 bridgehead atoms. The van der Waals surface area contributed by atoms with Gasteiger partial charge in [-0.15, -0.1) is 0 Å². The zero-order chi connectivity index (χ0) is 26.4. The van der Waals surface area contributed by atoms with Crippen LogP contribution in [0, 0.1) is 0 Å². The van der Waals surface area contributed by atoms with Gasteiger partial charge in [0.05, 0.1) is 23.9 Å². The molecule has 1 aliphatic rings. The van der Waals surface area contributed by atoms with Crippen LogP contribution in [0.2, 0.25) is 0 Å². The highest BCUT2D eigenvalue weighted by atomic mass is 16.5. The lowest BCUT2D eigenvalue weighted by molar-refractivity contribution is -0.136. The average Bonchev–Trinajstić information content (AvgIpc) is 3.42. The van der Waals surface area contributed by atoms with Gasteiger partial charge in [-0.2, -0.15) is 5.10 Å². The number of anilines is 1. The Morgan fingerprint density at radius 3 is 2.10 bits per heavy atom. The molecule has 0 N–H and O–H groups in total. The topological polar surface area (TPSA) is 76.4 Å². The number of carbonyl (C=O) groups is 1. The summed E-state index contributed by atoms with van der Waals surface area (Å²) in [5.74, 6) is 1.62. The van der Waals surface area contributed by atoms with Crippen molar-refractivity contribution in [1.82, 2.24) is 24.6 Å². The third-order valence-corrected chi connectivity index (χ3v) is 6.93. The number of aromatic nitrogens is 4. The minimum atomic E-state index is 0.0140. The van der Waals surface area contributed by atoms with Crippen LogP contribution in [0.15, 0.2) is 97.2 Å². The van der Waals surface area contributed by atoms with Gasteiger partial charge in [-0.1, -0.05) is 78.9 Å². The lowest BCUT2D eigenvalue weighted by atomic mass is 10.1. The van der Waals surface area contributed by atoms with E-state index in [-0.39, 0.29) is 12.5 Å². The minimum Gasteiger partial charge on any atom is -0.367 e. The number of piperazine rings is 1. The van der Waals surface area contributed by atoms with Gasteiger partial charge in [-0.05, 0) is 23.3 Å². The lowest BCUT2D eigenvalue weighted by Crippen LogP contribution is -2.50. The second kappa shape index (κ2) is 11.4. The van der Waals surface area contributed by atoms with Gasteiger partial charge >= 0.3 is 0 Å². The molecule has 3 heterocycles. The van der Waals surface area contributed by atoms with Crippen LogP contribution < -0.4 is 4.90 Å². The van der Waals surface area contributed by atoms with Gasteiger partial charge < -0.3 is 14.5 Å². The highest BCUT2D eigenvalue weighted by Crippen LogP contribution is 2.27. The number of carbonyl (C=O) groups excluding carboxylic acids is 1. The molecule has 2 aromatic heterocycles. The van der Waals surface area contributed by atoms with Gasteiger partial charge in [0.25, 0.3) is 0 Å². The maximum absolute atomic E-state index is 12.8. The van der Waals surface area contributed by atoms with Crippen molar-refractivity contribution in [3.05, 3.63) is 114 Å². The molecular formula is C31H30N6O2. The maximum Gasteiger partial charge on any atom is 0.248 e. The standard InChI is InChI=1S/C31H30N6O2/c38-29(23-39-22-25-12-6-2-7-13-25)35-16-18-36(19-17-35)30-27-21-32-37(26-14-8-3-9-15-26)31(27)34-28(33-30)20-24-10-4-1-5-11-24/h1-15,21H,16-20,22-23H2. The van der Waals surface area contributed by atoms with Crippen molar-refractivity contribution in [2.24, 2.45) is 0 Å². The predicted octanol–water partition coefficient (Wildman–Crippen LogP) is 4.27. The number of benzene rings is 3. The van der Waals surface area contributed by atoms with Gasteiger partial charge in [0.15, 0.2) is 5.65 Å². The molecule has 39 heavy (non-hydrogen) atoms. The van der Waals surface area contributed by atoms with Crippen LogP contribution in [-0.2, 0) is 22.6 Å². The quantitative estimate of drug-likeness (QED) is 0.305. The van der Waals surface area contributed by atoms with E-state index in [4.69, 9.17) is 14.7 Å². The van der Waals surface area contributed by atoms with Crippen molar-refractivity contribution >= 4 is 22.8 Å². The molecule has 1 fully saturated rings. The molecular weight excluding hydrogens is 488 g/mol. The Labute approximate surface area is 227 Å². The highest BCUT2D eigenvalue weighted by Gasteiger charge is 2.25. The number of hydrogen-bond acceptors (Lipinski definition) is 6. The first-order chi connectivity index (χ1) is 19.2. The van der Waals surface area contributed by atoms with E-state index in [1.807, 2.05) is 94.6 Å². The van der Waals surface area contributed by atoms with Crippen LogP contribution in [0.3, 0.4) is 0 Å². The fraction of sp³-hybridized carbons (Fsp3) is 0.226. The molecule has 196 valence electrons. The molecule has 6 rings (SSSR count). The van der Waals surface area contributed by atoms with Crippen molar-refractivity contribution in [2.75, 3.05) is 37.7 Å². The number of hydrogen-bond donors (Lipinski definition) is 0. The Hall–Kier alpha value is -4.56. The summed E-state index contributed by atoms with van der Waals surface area (Å²) in [7, 11) is 0. The molecule has 8 heteroatoms. The summed E-state index contributed by atoms with van der Waals surface area (Å²) in [5, 5.41) is 5.58. The smallest absolute Gasteiger partial charge is 0.248 e. The molecule has 1 aliphatic heterocycles. The largest absolute Gasteiger partial charge is 0.367 e. The van der Waals surface area contributed by atoms with E-state index in [0.717, 1.165) is 39.5 Å². The Morgan fingerprint density at radius 1 is 0.769 bits per heavy atom. The number of amides is 1. The van der Waals surface area contributed by atoms with Crippen molar-refractivity contribution in [2.45, 2.75) is 13.0 Å². The number of nitrogens with zero attached hydrogens (tertiary/aromatic N) is 6. The van der Waals surface area contributed by atoms with Crippen LogP contribution in [0.1, 0.15) is 17.0 Å². The molecule has 3 aromatic carbocycles. The fourth-order valence-electron chi connectivity index (χ4n) is 4.88. The van der Waals surface area contributed by atoms with Gasteiger partial charge in [0, 0.05) is 32.6 Å². The Balaban J connectivity index is 1.20. The van der Waals surface area contributed by atoms with Crippen molar-refractivity contribution < 1.29 is 9.53 Å². The molecule has 1 saturated heterocycles. The predicted molar refractivity (Wildman–Crippen MR) is 151 cm³/mol. The van der Waals surface area contributed by atoms with E-state index < -0.39 is 0 Å². The molecule has 0 radical (unpaired) electrons. The summed E-state index contributed by atoms with van der Waals surface area (Å²) >= 11 is 0. The summed E-state index contributed by atoms with van der Waals surface area (Å²) in [4.78, 5) is 26.9. The summed E-state index contributed by atoms with van der Waals surface area (Å²) in [5.41, 5.74) is 3.95. The second-order valence-corrected chi connectivity index (χ2v) is 9.60. The number of ether oxygens (including phenoxy) is 1. The van der Waals surface area contributed by atoms with Crippen molar-refractivity contribution in [3.63, 3.8) is 0 Å². The van der Waals surface area contributed by atoms with E-state index in [9.17, 15) is 4.79 Å². The van der Waals surface area contributed by atoms with Gasteiger partial charge in [-0.3, -0.25) is 4.79 Å². The summed E-state index contributed by atoms with van der Waals surface area (Å²) < 4.78 is 7.56. The molecule has 0 saturated carbocycles. The Kier molecular flexibility index (Phi) is 7.27. The number of para-hydroxylation sites is 1. The van der Waals surface area contributed by atoms with Crippen LogP contribution in [0.25, 0.3) is 16.7 Å². The van der Waals surface area contributed by atoms with Crippen LogP contribution in [-0.4, -0.2) is 63.3 Å². The second-order valence-electron chi connectivity index (χ2n) is 9.60. The van der Waals surface area contributed by atoms with Crippen molar-refractivity contribution in [1.29, 1.82) is 0 Å². The normalized spacial score (nSPS) is 13.6. The Bertz CT molecular complexity index is 1530. The first kappa shape index (κ1) is 24.8. The zero-order valence-electron chi connectivity index (χ0n) is 21.7. The van der Waals surface area contributed by atoms with Gasteiger partial charge in [-0.25, -0.2) is 14.6 Å². The van der Waals surface area contributed by atoms with Crippen LogP contribution >= 0.6 is 0 Å². The van der Waals surface area contributed by atoms with Crippen LogP contribution in [0.4, 0.5) is 5.82 Å². The average molecular weight is 519 g/mol. The van der Waals surface area contributed by atoms with E-state index in [2.05, 4.69) is 22.1 Å². The Morgan fingerprint density at radius 2 is 1.41 bits per heavy atom. The number of rotatable bonds is 8. The first-order valence-corrected chi connectivity index (χ1v) is 13.2. The number of fused-ring (bicyclic) bond motifs is 1. The van der Waals surface area contributed by atoms with E-state index in [1.54, 1.807) is 0 Å². The molecule has 1 amide bonds. The molecule has 8 nitrogen and oxygen atoms in total. The van der Waals surface area contributed by atoms with E-state index in [1.165, 1.54) is 0 Å². The molecule has 0 unspecified atom stereocenters. The molecule has 5 aromatic rings. The third kappa shape index (κ3) is 5.66. The molecule has 0 spiro atoms. The first-order valence-electron chi connectivity index (χ1n) is 13.2. The van der Waals surface area contributed by atoms with Crippen molar-refractivity contribution in [3.8, 4) is 5.69 Å². The lowest BCUT2D eigenvalue weighted by Gasteiger charge is -2.35.